The number of nitrogens with zero attached hydrogens (tertiary/aromatic N) is 2. The second kappa shape index (κ2) is 9.13. The second-order valence-corrected chi connectivity index (χ2v) is 6.72. The van der Waals surface area contributed by atoms with E-state index >= 15 is 0 Å². The highest BCUT2D eigenvalue weighted by atomic mass is 16.5. The maximum atomic E-state index is 12.5. The number of amides is 1. The minimum absolute atomic E-state index is 0.0855. The largest absolute Gasteiger partial charge is 0.383 e. The van der Waals surface area contributed by atoms with Crippen LogP contribution in [0.3, 0.4) is 0 Å². The smallest absolute Gasteiger partial charge is 0.260 e. The van der Waals surface area contributed by atoms with E-state index in [-0.39, 0.29) is 11.9 Å². The number of methoxy groups -OCH3 is 1. The number of hydrogen-bond acceptors (Lipinski definition) is 4. The average Bonchev–Trinajstić information content (AvgIpc) is 3.08. The Morgan fingerprint density at radius 1 is 1.20 bits per heavy atom. The van der Waals surface area contributed by atoms with Crippen molar-refractivity contribution in [1.29, 1.82) is 0 Å². The first-order valence-electron chi connectivity index (χ1n) is 9.16. The summed E-state index contributed by atoms with van der Waals surface area (Å²) in [7, 11) is 1.73. The molecule has 2 aliphatic heterocycles. The molecule has 0 radical (unpaired) electrons. The first-order chi connectivity index (χ1) is 12.3. The number of benzene rings is 1. The Kier molecular flexibility index (Phi) is 6.62. The molecule has 1 aromatic carbocycles. The van der Waals surface area contributed by atoms with Gasteiger partial charge in [0, 0.05) is 26.3 Å². The third kappa shape index (κ3) is 4.69. The van der Waals surface area contributed by atoms with E-state index in [1.54, 1.807) is 13.2 Å². The number of carbonyl (C=O) groups excluding carboxylic acids is 1. The number of hydrazine groups is 1. The van der Waals surface area contributed by atoms with Gasteiger partial charge in [0.25, 0.3) is 5.91 Å². The third-order valence-electron chi connectivity index (χ3n) is 4.93. The van der Waals surface area contributed by atoms with Crippen molar-refractivity contribution >= 4 is 5.91 Å². The van der Waals surface area contributed by atoms with Crippen molar-refractivity contribution in [2.75, 3.05) is 26.9 Å². The topological polar surface area (TPSA) is 42.0 Å². The molecule has 0 spiro atoms. The van der Waals surface area contributed by atoms with E-state index in [0.29, 0.717) is 25.9 Å². The molecule has 0 saturated carbocycles. The lowest BCUT2D eigenvalue weighted by atomic mass is 10.1. The Bertz CT molecular complexity index is 576. The molecular weight excluding hydrogens is 316 g/mol. The molecule has 2 heterocycles. The number of hydrogen-bond donors (Lipinski definition) is 0. The Morgan fingerprint density at radius 3 is 2.84 bits per heavy atom. The van der Waals surface area contributed by atoms with Gasteiger partial charge in [-0.15, -0.1) is 0 Å². The lowest BCUT2D eigenvalue weighted by Gasteiger charge is -2.42. The quantitative estimate of drug-likeness (QED) is 0.680. The van der Waals surface area contributed by atoms with Crippen molar-refractivity contribution in [2.45, 2.75) is 44.4 Å². The third-order valence-corrected chi connectivity index (χ3v) is 4.93. The van der Waals surface area contributed by atoms with Crippen molar-refractivity contribution in [3.05, 3.63) is 48.0 Å². The summed E-state index contributed by atoms with van der Waals surface area (Å²) in [4.78, 5) is 12.5. The van der Waals surface area contributed by atoms with Crippen LogP contribution in [0.1, 0.15) is 31.2 Å². The molecule has 0 bridgehead atoms. The predicted octanol–water partition coefficient (Wildman–Crippen LogP) is 2.78. The Morgan fingerprint density at radius 2 is 2.04 bits per heavy atom. The number of rotatable bonds is 8. The van der Waals surface area contributed by atoms with E-state index in [0.717, 1.165) is 32.2 Å². The molecule has 5 nitrogen and oxygen atoms in total. The highest BCUT2D eigenvalue weighted by Crippen LogP contribution is 2.26. The summed E-state index contributed by atoms with van der Waals surface area (Å²) < 4.78 is 11.2. The Hall–Kier alpha value is -1.69. The van der Waals surface area contributed by atoms with Gasteiger partial charge in [-0.3, -0.25) is 9.80 Å². The van der Waals surface area contributed by atoms with Crippen LogP contribution in [0.15, 0.2) is 42.5 Å². The van der Waals surface area contributed by atoms with Gasteiger partial charge in [-0.2, -0.15) is 0 Å². The summed E-state index contributed by atoms with van der Waals surface area (Å²) >= 11 is 0. The summed E-state index contributed by atoms with van der Waals surface area (Å²) in [6.07, 6.45) is 7.61. The van der Waals surface area contributed by atoms with E-state index in [4.69, 9.17) is 9.47 Å². The molecule has 2 aliphatic rings. The van der Waals surface area contributed by atoms with Crippen molar-refractivity contribution in [3.63, 3.8) is 0 Å². The van der Waals surface area contributed by atoms with E-state index in [9.17, 15) is 4.79 Å². The molecule has 2 atom stereocenters. The van der Waals surface area contributed by atoms with Crippen molar-refractivity contribution in [1.82, 2.24) is 10.0 Å². The van der Waals surface area contributed by atoms with Crippen LogP contribution in [0, 0.1) is 0 Å². The van der Waals surface area contributed by atoms with Gasteiger partial charge < -0.3 is 9.47 Å². The minimum atomic E-state index is 0.0855. The molecule has 1 saturated heterocycles. The van der Waals surface area contributed by atoms with Gasteiger partial charge >= 0.3 is 0 Å². The van der Waals surface area contributed by atoms with Crippen molar-refractivity contribution in [3.8, 4) is 0 Å². The molecule has 5 heteroatoms. The Balaban J connectivity index is 1.55. The van der Waals surface area contributed by atoms with E-state index in [2.05, 4.69) is 17.1 Å². The average molecular weight is 344 g/mol. The van der Waals surface area contributed by atoms with Gasteiger partial charge in [0.2, 0.25) is 0 Å². The van der Waals surface area contributed by atoms with Crippen LogP contribution in [0.25, 0.3) is 0 Å². The van der Waals surface area contributed by atoms with Crippen LogP contribution in [0.4, 0.5) is 0 Å². The van der Waals surface area contributed by atoms with Crippen molar-refractivity contribution < 1.29 is 14.3 Å². The maximum absolute atomic E-state index is 12.5. The fourth-order valence-electron chi connectivity index (χ4n) is 3.71. The monoisotopic (exact) mass is 344 g/mol. The highest BCUT2D eigenvalue weighted by Gasteiger charge is 2.36. The van der Waals surface area contributed by atoms with Gasteiger partial charge in [0.05, 0.1) is 25.3 Å². The summed E-state index contributed by atoms with van der Waals surface area (Å²) in [5.41, 5.74) is 1.18. The summed E-state index contributed by atoms with van der Waals surface area (Å²) in [6.45, 7) is 2.87. The lowest BCUT2D eigenvalue weighted by Crippen LogP contribution is -2.55. The normalized spacial score (nSPS) is 24.2. The molecule has 3 rings (SSSR count). The van der Waals surface area contributed by atoms with Gasteiger partial charge in [-0.1, -0.05) is 36.4 Å². The zero-order chi connectivity index (χ0) is 17.5. The number of ether oxygens (including phenoxy) is 2. The van der Waals surface area contributed by atoms with Crippen molar-refractivity contribution in [2.24, 2.45) is 0 Å². The lowest BCUT2D eigenvalue weighted by molar-refractivity contribution is -0.156. The maximum Gasteiger partial charge on any atom is 0.260 e. The Labute approximate surface area is 150 Å². The zero-order valence-electron chi connectivity index (χ0n) is 15.0. The molecule has 1 fully saturated rings. The van der Waals surface area contributed by atoms with E-state index < -0.39 is 0 Å². The molecule has 0 aromatic heterocycles. The van der Waals surface area contributed by atoms with Gasteiger partial charge in [-0.05, 0) is 31.2 Å². The minimum Gasteiger partial charge on any atom is -0.383 e. The van der Waals surface area contributed by atoms with Crippen LogP contribution in [-0.2, 0) is 20.9 Å². The first-order valence-corrected chi connectivity index (χ1v) is 9.16. The van der Waals surface area contributed by atoms with Gasteiger partial charge in [0.1, 0.15) is 0 Å². The summed E-state index contributed by atoms with van der Waals surface area (Å²) in [6, 6.07) is 10.7. The zero-order valence-corrected chi connectivity index (χ0v) is 15.0. The van der Waals surface area contributed by atoms with E-state index in [1.165, 1.54) is 5.56 Å². The van der Waals surface area contributed by atoms with Crippen LogP contribution in [0.5, 0.6) is 0 Å². The standard InChI is InChI=1S/C20H28N2O3/c1-24-16-19-10-6-13-21(19)22-18(9-5-11-20(22)23)12-14-25-15-17-7-3-2-4-8-17/h2-5,7-8,11,18-19H,6,9-10,12-16H2,1H3/t18-,19+/m1/s1. The van der Waals surface area contributed by atoms with Crippen LogP contribution in [0.2, 0.25) is 0 Å². The first kappa shape index (κ1) is 18.1. The van der Waals surface area contributed by atoms with Crippen LogP contribution >= 0.6 is 0 Å². The SMILES string of the molecule is COC[C@@H]1CCCN1N1C(=O)C=CC[C@@H]1CCOCc1ccccc1. The van der Waals surface area contributed by atoms with Gasteiger partial charge in [-0.25, -0.2) is 5.01 Å². The molecule has 1 aromatic rings. The van der Waals surface area contributed by atoms with Crippen LogP contribution in [-0.4, -0.2) is 54.9 Å². The van der Waals surface area contributed by atoms with Gasteiger partial charge in [0.15, 0.2) is 0 Å². The highest BCUT2D eigenvalue weighted by molar-refractivity contribution is 5.88. The molecule has 0 unspecified atom stereocenters. The number of carbonyl (C=O) groups is 1. The fourth-order valence-corrected chi connectivity index (χ4v) is 3.71. The molecule has 136 valence electrons. The van der Waals surface area contributed by atoms with Crippen LogP contribution < -0.4 is 0 Å². The fraction of sp³-hybridized carbons (Fsp3) is 0.550. The molecule has 0 aliphatic carbocycles. The molecule has 1 amide bonds. The molecule has 0 N–H and O–H groups in total. The van der Waals surface area contributed by atoms with E-state index in [1.807, 2.05) is 29.3 Å². The molecular formula is C20H28N2O3. The summed E-state index contributed by atoms with van der Waals surface area (Å²) in [5.74, 6) is 0.0855. The predicted molar refractivity (Wildman–Crippen MR) is 96.7 cm³/mol. The summed E-state index contributed by atoms with van der Waals surface area (Å²) in [5, 5.41) is 4.18. The second-order valence-electron chi connectivity index (χ2n) is 6.72. The molecule has 25 heavy (non-hydrogen) atoms.